The number of fused-ring (bicyclic) bond motifs is 3. The number of methoxy groups -OCH3 is 3. The molecule has 188 valence electrons. The maximum Gasteiger partial charge on any atom is 0.339 e. The summed E-state index contributed by atoms with van der Waals surface area (Å²) >= 11 is 0. The van der Waals surface area contributed by atoms with E-state index in [0.29, 0.717) is 17.1 Å². The van der Waals surface area contributed by atoms with E-state index in [1.807, 2.05) is 48.7 Å². The second-order valence-corrected chi connectivity index (χ2v) is 9.40. The number of pyridine rings is 1. The summed E-state index contributed by atoms with van der Waals surface area (Å²) in [5, 5.41) is 5.42. The summed E-state index contributed by atoms with van der Waals surface area (Å²) in [6.45, 7) is 0.256. The molecule has 1 atom stereocenters. The molecule has 7 heteroatoms. The van der Waals surface area contributed by atoms with Gasteiger partial charge in [0.2, 0.25) is 0 Å². The molecule has 1 aliphatic heterocycles. The van der Waals surface area contributed by atoms with E-state index in [4.69, 9.17) is 23.9 Å². The van der Waals surface area contributed by atoms with E-state index in [2.05, 4.69) is 11.4 Å². The normalized spacial score (nSPS) is 16.1. The van der Waals surface area contributed by atoms with Crippen molar-refractivity contribution in [3.63, 3.8) is 0 Å². The van der Waals surface area contributed by atoms with Crippen LogP contribution in [0.5, 0.6) is 17.2 Å². The molecule has 0 saturated heterocycles. The molecule has 4 aromatic rings. The van der Waals surface area contributed by atoms with Gasteiger partial charge in [0.15, 0.2) is 11.5 Å². The number of hydrogen-bond acceptors (Lipinski definition) is 7. The van der Waals surface area contributed by atoms with E-state index in [1.54, 1.807) is 21.3 Å². The summed E-state index contributed by atoms with van der Waals surface area (Å²) in [5.74, 6) is 2.69. The molecule has 0 saturated carbocycles. The van der Waals surface area contributed by atoms with Gasteiger partial charge in [-0.3, -0.25) is 0 Å². The molecule has 2 aliphatic rings. The SMILES string of the molecule is COc1cc2cc3c(c(-c4ccc(NC5CCc6c(cccc6OC)C5)nc4)c2cc1OC)C(=O)OC3. The summed E-state index contributed by atoms with van der Waals surface area (Å²) in [6.07, 6.45) is 4.70. The average Bonchev–Trinajstić information content (AvgIpc) is 3.30. The second kappa shape index (κ2) is 9.32. The summed E-state index contributed by atoms with van der Waals surface area (Å²) in [5.41, 5.74) is 5.70. The number of carbonyl (C=O) groups excluding carboxylic acids is 1. The number of aromatic nitrogens is 1. The monoisotopic (exact) mass is 496 g/mol. The predicted molar refractivity (Wildman–Crippen MR) is 142 cm³/mol. The zero-order chi connectivity index (χ0) is 25.5. The number of hydrogen-bond donors (Lipinski definition) is 1. The number of benzene rings is 3. The minimum atomic E-state index is -0.319. The highest BCUT2D eigenvalue weighted by atomic mass is 16.5. The Kier molecular flexibility index (Phi) is 5.83. The van der Waals surface area contributed by atoms with Gasteiger partial charge in [0.05, 0.1) is 26.9 Å². The fourth-order valence-corrected chi connectivity index (χ4v) is 5.57. The van der Waals surface area contributed by atoms with Gasteiger partial charge >= 0.3 is 5.97 Å². The molecule has 3 aromatic carbocycles. The lowest BCUT2D eigenvalue weighted by Crippen LogP contribution is -2.28. The van der Waals surface area contributed by atoms with Crippen LogP contribution < -0.4 is 19.5 Å². The summed E-state index contributed by atoms with van der Waals surface area (Å²) < 4.78 is 22.0. The minimum absolute atomic E-state index is 0.256. The number of anilines is 1. The lowest BCUT2D eigenvalue weighted by molar-refractivity contribution is 0.0535. The van der Waals surface area contributed by atoms with Crippen molar-refractivity contribution in [2.75, 3.05) is 26.6 Å². The third kappa shape index (κ3) is 4.00. The number of carbonyl (C=O) groups is 1. The molecule has 1 aromatic heterocycles. The van der Waals surface area contributed by atoms with Crippen molar-refractivity contribution in [2.24, 2.45) is 0 Å². The molecule has 0 fully saturated rings. The summed E-state index contributed by atoms with van der Waals surface area (Å²) in [4.78, 5) is 17.5. The van der Waals surface area contributed by atoms with Crippen molar-refractivity contribution in [3.8, 4) is 28.4 Å². The van der Waals surface area contributed by atoms with Crippen LogP contribution in [-0.4, -0.2) is 38.3 Å². The highest BCUT2D eigenvalue weighted by Crippen LogP contribution is 2.42. The van der Waals surface area contributed by atoms with Crippen LogP contribution in [0.25, 0.3) is 21.9 Å². The van der Waals surface area contributed by atoms with Crippen molar-refractivity contribution in [1.29, 1.82) is 0 Å². The molecule has 37 heavy (non-hydrogen) atoms. The standard InChI is InChI=1S/C30H28N2O5/c1-34-24-6-4-5-17-12-21(8-9-22(17)24)32-27-10-7-18(15-31-27)28-23-14-26(36-3)25(35-2)13-19(23)11-20-16-37-30(33)29(20)28/h4-7,10-11,13-15,21H,8-9,12,16H2,1-3H3,(H,31,32). The highest BCUT2D eigenvalue weighted by Gasteiger charge is 2.29. The van der Waals surface area contributed by atoms with Gasteiger partial charge in [-0.05, 0) is 77.6 Å². The van der Waals surface area contributed by atoms with Gasteiger partial charge in [-0.25, -0.2) is 9.78 Å². The number of nitrogens with zero attached hydrogens (tertiary/aromatic N) is 1. The third-order valence-electron chi connectivity index (χ3n) is 7.35. The first-order valence-electron chi connectivity index (χ1n) is 12.4. The first-order chi connectivity index (χ1) is 18.1. The third-order valence-corrected chi connectivity index (χ3v) is 7.35. The van der Waals surface area contributed by atoms with Crippen molar-refractivity contribution in [1.82, 2.24) is 4.98 Å². The first kappa shape index (κ1) is 23.2. The number of rotatable bonds is 6. The van der Waals surface area contributed by atoms with Crippen LogP contribution in [0.1, 0.15) is 33.5 Å². The quantitative estimate of drug-likeness (QED) is 0.350. The van der Waals surface area contributed by atoms with Crippen LogP contribution in [0.2, 0.25) is 0 Å². The van der Waals surface area contributed by atoms with E-state index < -0.39 is 0 Å². The van der Waals surface area contributed by atoms with Crippen LogP contribution in [0.4, 0.5) is 5.82 Å². The van der Waals surface area contributed by atoms with Crippen molar-refractivity contribution >= 4 is 22.6 Å². The van der Waals surface area contributed by atoms with Crippen LogP contribution >= 0.6 is 0 Å². The summed E-state index contributed by atoms with van der Waals surface area (Å²) in [7, 11) is 4.94. The van der Waals surface area contributed by atoms with Gasteiger partial charge in [-0.2, -0.15) is 0 Å². The fraction of sp³-hybridized carbons (Fsp3) is 0.267. The Morgan fingerprint density at radius 3 is 2.49 bits per heavy atom. The Balaban J connectivity index is 1.34. The number of nitrogens with one attached hydrogen (secondary N) is 1. The summed E-state index contributed by atoms with van der Waals surface area (Å²) in [6, 6.07) is 16.3. The molecule has 0 radical (unpaired) electrons. The molecule has 1 unspecified atom stereocenters. The molecular weight excluding hydrogens is 468 g/mol. The Morgan fingerprint density at radius 1 is 0.919 bits per heavy atom. The Bertz CT molecular complexity index is 1510. The van der Waals surface area contributed by atoms with E-state index >= 15 is 0 Å². The predicted octanol–water partition coefficient (Wildman–Crippen LogP) is 5.57. The van der Waals surface area contributed by atoms with E-state index in [1.165, 1.54) is 11.1 Å². The number of ether oxygens (including phenoxy) is 4. The lowest BCUT2D eigenvalue weighted by Gasteiger charge is -2.27. The lowest BCUT2D eigenvalue weighted by atomic mass is 9.87. The zero-order valence-corrected chi connectivity index (χ0v) is 21.1. The van der Waals surface area contributed by atoms with Gasteiger partial charge in [0.1, 0.15) is 18.2 Å². The second-order valence-electron chi connectivity index (χ2n) is 9.40. The molecule has 0 bridgehead atoms. The number of esters is 1. The van der Waals surface area contributed by atoms with E-state index in [9.17, 15) is 4.79 Å². The van der Waals surface area contributed by atoms with Crippen molar-refractivity contribution < 1.29 is 23.7 Å². The Labute approximate surface area is 215 Å². The fourth-order valence-electron chi connectivity index (χ4n) is 5.57. The molecular formula is C30H28N2O5. The van der Waals surface area contributed by atoms with Crippen LogP contribution in [0.3, 0.4) is 0 Å². The van der Waals surface area contributed by atoms with E-state index in [0.717, 1.165) is 58.3 Å². The Morgan fingerprint density at radius 2 is 1.73 bits per heavy atom. The molecule has 1 aliphatic carbocycles. The molecule has 7 nitrogen and oxygen atoms in total. The smallest absolute Gasteiger partial charge is 0.339 e. The van der Waals surface area contributed by atoms with Crippen LogP contribution in [0, 0.1) is 0 Å². The largest absolute Gasteiger partial charge is 0.496 e. The number of cyclic esters (lactones) is 1. The van der Waals surface area contributed by atoms with Gasteiger partial charge in [0, 0.05) is 28.9 Å². The average molecular weight is 497 g/mol. The van der Waals surface area contributed by atoms with Crippen LogP contribution in [0.15, 0.2) is 54.7 Å². The highest BCUT2D eigenvalue weighted by molar-refractivity contribution is 6.11. The molecule has 2 heterocycles. The van der Waals surface area contributed by atoms with Gasteiger partial charge in [-0.15, -0.1) is 0 Å². The van der Waals surface area contributed by atoms with Crippen molar-refractivity contribution in [2.45, 2.75) is 31.9 Å². The molecule has 0 amide bonds. The molecule has 6 rings (SSSR count). The van der Waals surface area contributed by atoms with Gasteiger partial charge in [-0.1, -0.05) is 12.1 Å². The first-order valence-corrected chi connectivity index (χ1v) is 12.4. The van der Waals surface area contributed by atoms with E-state index in [-0.39, 0.29) is 18.6 Å². The maximum absolute atomic E-state index is 12.7. The maximum atomic E-state index is 12.7. The Hall–Kier alpha value is -4.26. The van der Waals surface area contributed by atoms with Crippen LogP contribution in [-0.2, 0) is 24.2 Å². The molecule has 1 N–H and O–H groups in total. The van der Waals surface area contributed by atoms with Gasteiger partial charge < -0.3 is 24.3 Å². The molecule has 0 spiro atoms. The van der Waals surface area contributed by atoms with Crippen molar-refractivity contribution in [3.05, 3.63) is 77.0 Å². The zero-order valence-electron chi connectivity index (χ0n) is 21.1. The minimum Gasteiger partial charge on any atom is -0.496 e. The topological polar surface area (TPSA) is 78.9 Å². The van der Waals surface area contributed by atoms with Gasteiger partial charge in [0.25, 0.3) is 0 Å².